The molecule has 1 heterocycles. The normalized spacial score (nSPS) is 22.7. The maximum Gasteiger partial charge on any atom is 0.248 e. The van der Waals surface area contributed by atoms with Crippen LogP contribution in [0.15, 0.2) is 24.3 Å². The summed E-state index contributed by atoms with van der Waals surface area (Å²) in [5, 5.41) is 2.74. The minimum Gasteiger partial charge on any atom is -0.366 e. The van der Waals surface area contributed by atoms with Gasteiger partial charge in [0.2, 0.25) is 23.6 Å². The molecule has 150 valence electrons. The van der Waals surface area contributed by atoms with Crippen LogP contribution >= 0.6 is 11.8 Å². The molecule has 7 nitrogen and oxygen atoms in total. The molecule has 1 aliphatic carbocycles. The molecule has 0 spiro atoms. The molecule has 1 aromatic rings. The quantitative estimate of drug-likeness (QED) is 0.677. The van der Waals surface area contributed by atoms with Gasteiger partial charge in [0, 0.05) is 11.3 Å². The molecule has 1 aromatic carbocycles. The number of benzene rings is 1. The van der Waals surface area contributed by atoms with E-state index in [1.165, 1.54) is 11.0 Å². The number of rotatable bonds is 7. The molecule has 2 aliphatic rings. The monoisotopic (exact) mass is 403 g/mol. The first-order chi connectivity index (χ1) is 13.4. The van der Waals surface area contributed by atoms with Crippen LogP contribution in [0, 0.1) is 11.8 Å². The Balaban J connectivity index is 1.82. The van der Waals surface area contributed by atoms with Crippen molar-refractivity contribution in [3.8, 4) is 0 Å². The molecule has 0 bridgehead atoms. The molecule has 3 N–H and O–H groups in total. The Labute approximate surface area is 168 Å². The zero-order valence-electron chi connectivity index (χ0n) is 15.8. The molecule has 1 saturated carbocycles. The van der Waals surface area contributed by atoms with Crippen molar-refractivity contribution in [1.29, 1.82) is 0 Å². The highest BCUT2D eigenvalue weighted by Crippen LogP contribution is 2.39. The van der Waals surface area contributed by atoms with E-state index < -0.39 is 17.9 Å². The van der Waals surface area contributed by atoms with Crippen molar-refractivity contribution in [2.24, 2.45) is 17.6 Å². The fourth-order valence-corrected chi connectivity index (χ4v) is 4.54. The van der Waals surface area contributed by atoms with E-state index in [2.05, 4.69) is 5.32 Å². The molecule has 0 aromatic heterocycles. The number of likely N-dealkylation sites (tertiary alicyclic amines) is 1. The average Bonchev–Trinajstić information content (AvgIpc) is 2.94. The first-order valence-electron chi connectivity index (χ1n) is 9.50. The number of thioether (sulfide) groups is 1. The third-order valence-electron chi connectivity index (χ3n) is 5.50. The number of anilines is 1. The standard InChI is InChI=1S/C20H25N3O4S/c1-28-10-9-16(18(25)22-13-6-4-5-12(11-13)17(21)24)23-19(26)14-7-2-3-8-15(14)20(23)27/h4-6,11,14-16H,2-3,7-10H2,1H3,(H2,21,24)(H,22,25)/t14-,15-,16-/m1/s1. The van der Waals surface area contributed by atoms with Gasteiger partial charge in [-0.15, -0.1) is 0 Å². The van der Waals surface area contributed by atoms with Crippen LogP contribution in [0.3, 0.4) is 0 Å². The summed E-state index contributed by atoms with van der Waals surface area (Å²) >= 11 is 1.56. The number of nitrogens with one attached hydrogen (secondary N) is 1. The molecule has 0 unspecified atom stereocenters. The molecule has 1 aliphatic heterocycles. The Hall–Kier alpha value is -2.35. The lowest BCUT2D eigenvalue weighted by molar-refractivity contribution is -0.146. The molecule has 28 heavy (non-hydrogen) atoms. The number of imide groups is 1. The molecule has 0 radical (unpaired) electrons. The SMILES string of the molecule is CSCC[C@H](C(=O)Nc1cccc(C(N)=O)c1)N1C(=O)[C@@H]2CCCC[C@H]2C1=O. The van der Waals surface area contributed by atoms with Gasteiger partial charge in [0.25, 0.3) is 0 Å². The largest absolute Gasteiger partial charge is 0.366 e. The Morgan fingerprint density at radius 3 is 2.43 bits per heavy atom. The fraction of sp³-hybridized carbons (Fsp3) is 0.500. The topological polar surface area (TPSA) is 110 Å². The molecule has 8 heteroatoms. The fourth-order valence-electron chi connectivity index (χ4n) is 4.08. The van der Waals surface area contributed by atoms with Crippen LogP contribution < -0.4 is 11.1 Å². The van der Waals surface area contributed by atoms with Crippen LogP contribution in [0.25, 0.3) is 0 Å². The number of nitrogens with zero attached hydrogens (tertiary/aromatic N) is 1. The van der Waals surface area contributed by atoms with Gasteiger partial charge in [-0.3, -0.25) is 24.1 Å². The summed E-state index contributed by atoms with van der Waals surface area (Å²) in [5.74, 6) is -1.39. The van der Waals surface area contributed by atoms with Crippen molar-refractivity contribution in [3.05, 3.63) is 29.8 Å². The van der Waals surface area contributed by atoms with Gasteiger partial charge < -0.3 is 11.1 Å². The Kier molecular flexibility index (Phi) is 6.39. The first kappa shape index (κ1) is 20.4. The molecule has 4 amide bonds. The van der Waals surface area contributed by atoms with Gasteiger partial charge in [-0.2, -0.15) is 11.8 Å². The van der Waals surface area contributed by atoms with E-state index in [4.69, 9.17) is 5.73 Å². The number of primary amides is 1. The van der Waals surface area contributed by atoms with Gasteiger partial charge >= 0.3 is 0 Å². The summed E-state index contributed by atoms with van der Waals surface area (Å²) in [6.45, 7) is 0. The predicted molar refractivity (Wildman–Crippen MR) is 108 cm³/mol. The maximum atomic E-state index is 13.0. The van der Waals surface area contributed by atoms with E-state index in [9.17, 15) is 19.2 Å². The van der Waals surface area contributed by atoms with Gasteiger partial charge in [-0.05, 0) is 49.5 Å². The minimum absolute atomic E-state index is 0.221. The van der Waals surface area contributed by atoms with E-state index in [1.54, 1.807) is 30.0 Å². The highest BCUT2D eigenvalue weighted by atomic mass is 32.2. The summed E-state index contributed by atoms with van der Waals surface area (Å²) < 4.78 is 0. The van der Waals surface area contributed by atoms with Gasteiger partial charge in [0.05, 0.1) is 11.8 Å². The predicted octanol–water partition coefficient (Wildman–Crippen LogP) is 2.02. The van der Waals surface area contributed by atoms with Crippen molar-refractivity contribution >= 4 is 41.1 Å². The van der Waals surface area contributed by atoms with E-state index in [1.807, 2.05) is 6.26 Å². The van der Waals surface area contributed by atoms with Crippen LogP contribution in [-0.4, -0.2) is 46.6 Å². The van der Waals surface area contributed by atoms with Crippen LogP contribution in [0.2, 0.25) is 0 Å². The van der Waals surface area contributed by atoms with E-state index in [0.29, 0.717) is 30.7 Å². The third kappa shape index (κ3) is 4.06. The van der Waals surface area contributed by atoms with Crippen molar-refractivity contribution in [2.75, 3.05) is 17.3 Å². The van der Waals surface area contributed by atoms with Crippen molar-refractivity contribution in [1.82, 2.24) is 4.90 Å². The number of carbonyl (C=O) groups is 4. The smallest absolute Gasteiger partial charge is 0.248 e. The molecule has 1 saturated heterocycles. The van der Waals surface area contributed by atoms with Crippen LogP contribution in [0.4, 0.5) is 5.69 Å². The minimum atomic E-state index is -0.852. The van der Waals surface area contributed by atoms with Gasteiger partial charge in [0.1, 0.15) is 6.04 Å². The number of nitrogens with two attached hydrogens (primary N) is 1. The average molecular weight is 404 g/mol. The van der Waals surface area contributed by atoms with E-state index in [-0.39, 0.29) is 29.2 Å². The second-order valence-electron chi connectivity index (χ2n) is 7.28. The first-order valence-corrected chi connectivity index (χ1v) is 10.9. The summed E-state index contributed by atoms with van der Waals surface area (Å²) in [7, 11) is 0. The second-order valence-corrected chi connectivity index (χ2v) is 8.26. The van der Waals surface area contributed by atoms with Gasteiger partial charge in [-0.1, -0.05) is 18.9 Å². The third-order valence-corrected chi connectivity index (χ3v) is 6.14. The van der Waals surface area contributed by atoms with Crippen molar-refractivity contribution in [3.63, 3.8) is 0 Å². The zero-order chi connectivity index (χ0) is 20.3. The number of fused-ring (bicyclic) bond motifs is 1. The lowest BCUT2D eigenvalue weighted by Gasteiger charge is -2.26. The van der Waals surface area contributed by atoms with Crippen molar-refractivity contribution in [2.45, 2.75) is 38.1 Å². The summed E-state index contributed by atoms with van der Waals surface area (Å²) in [4.78, 5) is 51.4. The van der Waals surface area contributed by atoms with Gasteiger partial charge in [-0.25, -0.2) is 0 Å². The Bertz CT molecular complexity index is 773. The molecular formula is C20H25N3O4S. The molecule has 2 fully saturated rings. The Morgan fingerprint density at radius 2 is 1.86 bits per heavy atom. The van der Waals surface area contributed by atoms with Crippen LogP contribution in [-0.2, 0) is 14.4 Å². The van der Waals surface area contributed by atoms with Gasteiger partial charge in [0.15, 0.2) is 0 Å². The molecular weight excluding hydrogens is 378 g/mol. The summed E-state index contributed by atoms with van der Waals surface area (Å²) in [6, 6.07) is 5.45. The zero-order valence-corrected chi connectivity index (χ0v) is 16.7. The number of carbonyl (C=O) groups excluding carboxylic acids is 4. The number of hydrogen-bond donors (Lipinski definition) is 2. The highest BCUT2D eigenvalue weighted by molar-refractivity contribution is 7.98. The number of hydrogen-bond acceptors (Lipinski definition) is 5. The molecule has 3 rings (SSSR count). The lowest BCUT2D eigenvalue weighted by Crippen LogP contribution is -2.48. The second kappa shape index (κ2) is 8.77. The lowest BCUT2D eigenvalue weighted by atomic mass is 9.81. The van der Waals surface area contributed by atoms with Crippen molar-refractivity contribution < 1.29 is 19.2 Å². The van der Waals surface area contributed by atoms with E-state index >= 15 is 0 Å². The molecule has 3 atom stereocenters. The summed E-state index contributed by atoms with van der Waals surface area (Å²) in [6.07, 6.45) is 5.61. The van der Waals surface area contributed by atoms with E-state index in [0.717, 1.165) is 12.8 Å². The summed E-state index contributed by atoms with van der Waals surface area (Å²) in [5.41, 5.74) is 5.98. The Morgan fingerprint density at radius 1 is 1.21 bits per heavy atom. The highest BCUT2D eigenvalue weighted by Gasteiger charge is 2.51. The maximum absolute atomic E-state index is 13.0. The number of amides is 4. The van der Waals surface area contributed by atoms with Crippen LogP contribution in [0.1, 0.15) is 42.5 Å². The van der Waals surface area contributed by atoms with Crippen LogP contribution in [0.5, 0.6) is 0 Å².